The van der Waals surface area contributed by atoms with Gasteiger partial charge in [0.15, 0.2) is 0 Å². The summed E-state index contributed by atoms with van der Waals surface area (Å²) in [6, 6.07) is 9.92. The number of rotatable bonds is 6. The Balaban J connectivity index is 1.52. The van der Waals surface area contributed by atoms with E-state index in [0.717, 1.165) is 24.6 Å². The van der Waals surface area contributed by atoms with Crippen molar-refractivity contribution in [1.29, 1.82) is 0 Å². The van der Waals surface area contributed by atoms with Crippen LogP contribution in [0.1, 0.15) is 24.2 Å². The molecule has 1 heterocycles. The first kappa shape index (κ1) is 17.6. The Morgan fingerprint density at radius 3 is 2.52 bits per heavy atom. The zero-order valence-corrected chi connectivity index (χ0v) is 13.9. The molecule has 0 spiro atoms. The van der Waals surface area contributed by atoms with E-state index in [1.54, 1.807) is 0 Å². The SMILES string of the molecule is Nn1c(SCC(=O)NCC2(c3ccccc3)CC2)nnc1C(F)(F)F. The average Bonchev–Trinajstić information content (AvgIpc) is 3.28. The first-order valence-corrected chi connectivity index (χ1v) is 8.53. The van der Waals surface area contributed by atoms with Gasteiger partial charge in [-0.25, -0.2) is 4.68 Å². The number of carbonyl (C=O) groups excluding carboxylic acids is 1. The van der Waals surface area contributed by atoms with Crippen molar-refractivity contribution in [3.63, 3.8) is 0 Å². The second-order valence-corrected chi connectivity index (χ2v) is 6.83. The molecule has 0 atom stereocenters. The standard InChI is InChI=1S/C15H16F3N5OS/c16-15(17,18)12-21-22-13(23(12)19)25-8-11(24)20-9-14(6-7-14)10-4-2-1-3-5-10/h1-5H,6-9,19H2,(H,20,24). The third-order valence-electron chi connectivity index (χ3n) is 4.11. The normalized spacial score (nSPS) is 15.8. The van der Waals surface area contributed by atoms with Crippen LogP contribution in [0.15, 0.2) is 35.5 Å². The van der Waals surface area contributed by atoms with Crippen LogP contribution in [0.5, 0.6) is 0 Å². The van der Waals surface area contributed by atoms with Crippen molar-refractivity contribution in [2.75, 3.05) is 18.1 Å². The molecule has 134 valence electrons. The molecule has 1 saturated carbocycles. The van der Waals surface area contributed by atoms with Gasteiger partial charge in [-0.15, -0.1) is 10.2 Å². The molecule has 1 aromatic carbocycles. The molecule has 3 N–H and O–H groups in total. The molecule has 1 fully saturated rings. The summed E-state index contributed by atoms with van der Waals surface area (Å²) in [4.78, 5) is 12.0. The van der Waals surface area contributed by atoms with E-state index in [1.807, 2.05) is 30.3 Å². The largest absolute Gasteiger partial charge is 0.453 e. The van der Waals surface area contributed by atoms with E-state index in [9.17, 15) is 18.0 Å². The molecule has 25 heavy (non-hydrogen) atoms. The summed E-state index contributed by atoms with van der Waals surface area (Å²) in [7, 11) is 0. The van der Waals surface area contributed by atoms with Crippen LogP contribution in [0.4, 0.5) is 13.2 Å². The average molecular weight is 371 g/mol. The number of alkyl halides is 3. The van der Waals surface area contributed by atoms with Gasteiger partial charge in [0.1, 0.15) is 0 Å². The Morgan fingerprint density at radius 1 is 1.28 bits per heavy atom. The topological polar surface area (TPSA) is 85.8 Å². The number of nitrogens with two attached hydrogens (primary N) is 1. The number of hydrogen-bond acceptors (Lipinski definition) is 5. The van der Waals surface area contributed by atoms with Crippen LogP contribution in [-0.4, -0.2) is 33.1 Å². The maximum atomic E-state index is 12.6. The highest BCUT2D eigenvalue weighted by atomic mass is 32.2. The van der Waals surface area contributed by atoms with Gasteiger partial charge in [0.25, 0.3) is 5.82 Å². The summed E-state index contributed by atoms with van der Waals surface area (Å²) in [5.74, 6) is 3.66. The minimum Gasteiger partial charge on any atom is -0.354 e. The molecule has 1 aliphatic rings. The van der Waals surface area contributed by atoms with Crippen molar-refractivity contribution in [3.05, 3.63) is 41.7 Å². The number of nitrogens with one attached hydrogen (secondary N) is 1. The molecule has 0 aliphatic heterocycles. The monoisotopic (exact) mass is 371 g/mol. The minimum atomic E-state index is -4.68. The van der Waals surface area contributed by atoms with Gasteiger partial charge in [-0.2, -0.15) is 13.2 Å². The van der Waals surface area contributed by atoms with Crippen molar-refractivity contribution in [3.8, 4) is 0 Å². The Morgan fingerprint density at radius 2 is 1.96 bits per heavy atom. The Labute approximate surface area is 146 Å². The fraction of sp³-hybridized carbons (Fsp3) is 0.400. The lowest BCUT2D eigenvalue weighted by molar-refractivity contribution is -0.146. The van der Waals surface area contributed by atoms with Crippen molar-refractivity contribution in [2.24, 2.45) is 0 Å². The number of thioether (sulfide) groups is 1. The lowest BCUT2D eigenvalue weighted by atomic mass is 9.96. The van der Waals surface area contributed by atoms with E-state index < -0.39 is 12.0 Å². The van der Waals surface area contributed by atoms with E-state index in [0.29, 0.717) is 11.2 Å². The first-order chi connectivity index (χ1) is 11.8. The molecule has 0 bridgehead atoms. The maximum Gasteiger partial charge on any atom is 0.453 e. The van der Waals surface area contributed by atoms with Crippen molar-refractivity contribution >= 4 is 17.7 Å². The van der Waals surface area contributed by atoms with Crippen molar-refractivity contribution < 1.29 is 18.0 Å². The zero-order valence-electron chi connectivity index (χ0n) is 13.1. The summed E-state index contributed by atoms with van der Waals surface area (Å²) < 4.78 is 38.1. The van der Waals surface area contributed by atoms with Crippen LogP contribution < -0.4 is 11.2 Å². The van der Waals surface area contributed by atoms with E-state index in [-0.39, 0.29) is 22.2 Å². The number of aromatic nitrogens is 3. The molecule has 0 radical (unpaired) electrons. The van der Waals surface area contributed by atoms with Crippen LogP contribution >= 0.6 is 11.8 Å². The van der Waals surface area contributed by atoms with Crippen molar-refractivity contribution in [1.82, 2.24) is 20.2 Å². The predicted molar refractivity (Wildman–Crippen MR) is 86.3 cm³/mol. The first-order valence-electron chi connectivity index (χ1n) is 7.54. The molecular weight excluding hydrogens is 355 g/mol. The fourth-order valence-electron chi connectivity index (χ4n) is 2.53. The number of benzene rings is 1. The van der Waals surface area contributed by atoms with Gasteiger partial charge in [0.05, 0.1) is 5.75 Å². The van der Waals surface area contributed by atoms with E-state index >= 15 is 0 Å². The molecule has 0 unspecified atom stereocenters. The second-order valence-electron chi connectivity index (χ2n) is 5.89. The molecule has 0 saturated heterocycles. The molecular formula is C15H16F3N5OS. The van der Waals surface area contributed by atoms with E-state index in [2.05, 4.69) is 15.5 Å². The zero-order chi connectivity index (χ0) is 18.1. The minimum absolute atomic E-state index is 0.0288. The van der Waals surface area contributed by atoms with Gasteiger partial charge in [-0.1, -0.05) is 42.1 Å². The molecule has 10 heteroatoms. The van der Waals surface area contributed by atoms with Gasteiger partial charge in [0, 0.05) is 12.0 Å². The lowest BCUT2D eigenvalue weighted by Gasteiger charge is -2.16. The van der Waals surface area contributed by atoms with Crippen LogP contribution in [0, 0.1) is 0 Å². The Hall–Kier alpha value is -2.23. The second kappa shape index (κ2) is 6.58. The van der Waals surface area contributed by atoms with Gasteiger partial charge in [-0.05, 0) is 18.4 Å². The van der Waals surface area contributed by atoms with Crippen molar-refractivity contribution in [2.45, 2.75) is 29.6 Å². The number of amides is 1. The highest BCUT2D eigenvalue weighted by molar-refractivity contribution is 7.99. The van der Waals surface area contributed by atoms with Gasteiger partial charge < -0.3 is 11.2 Å². The predicted octanol–water partition coefficient (Wildman–Crippen LogP) is 1.95. The number of hydrogen-bond donors (Lipinski definition) is 2. The highest BCUT2D eigenvalue weighted by Crippen LogP contribution is 2.47. The number of carbonyl (C=O) groups is 1. The quantitative estimate of drug-likeness (QED) is 0.599. The summed E-state index contributed by atoms with van der Waals surface area (Å²) in [5.41, 5.74) is 1.15. The maximum absolute atomic E-state index is 12.6. The van der Waals surface area contributed by atoms with Gasteiger partial charge >= 0.3 is 6.18 Å². The van der Waals surface area contributed by atoms with Crippen LogP contribution in [0.3, 0.4) is 0 Å². The number of halogens is 3. The summed E-state index contributed by atoms with van der Waals surface area (Å²) >= 11 is 0.811. The van der Waals surface area contributed by atoms with Crippen LogP contribution in [-0.2, 0) is 16.4 Å². The molecule has 3 rings (SSSR count). The number of nitrogens with zero attached hydrogens (tertiary/aromatic N) is 3. The molecule has 1 amide bonds. The van der Waals surface area contributed by atoms with Crippen LogP contribution in [0.2, 0.25) is 0 Å². The summed E-state index contributed by atoms with van der Waals surface area (Å²) in [6.45, 7) is 0.500. The Bertz CT molecular complexity index is 758. The third kappa shape index (κ3) is 3.89. The van der Waals surface area contributed by atoms with E-state index in [1.165, 1.54) is 5.56 Å². The van der Waals surface area contributed by atoms with Gasteiger partial charge in [-0.3, -0.25) is 4.79 Å². The van der Waals surface area contributed by atoms with Gasteiger partial charge in [0.2, 0.25) is 11.1 Å². The summed E-state index contributed by atoms with van der Waals surface area (Å²) in [6.07, 6.45) is -2.69. The molecule has 1 aromatic heterocycles. The third-order valence-corrected chi connectivity index (χ3v) is 5.06. The highest BCUT2D eigenvalue weighted by Gasteiger charge is 2.44. The molecule has 2 aromatic rings. The number of nitrogen functional groups attached to an aromatic ring is 1. The lowest BCUT2D eigenvalue weighted by Crippen LogP contribution is -2.33. The van der Waals surface area contributed by atoms with E-state index in [4.69, 9.17) is 5.84 Å². The Kier molecular flexibility index (Phi) is 4.63. The fourth-order valence-corrected chi connectivity index (χ4v) is 3.21. The smallest absolute Gasteiger partial charge is 0.354 e. The molecule has 1 aliphatic carbocycles. The van der Waals surface area contributed by atoms with Crippen LogP contribution in [0.25, 0.3) is 0 Å². The summed E-state index contributed by atoms with van der Waals surface area (Å²) in [5, 5.41) is 9.05. The molecule has 6 nitrogen and oxygen atoms in total.